The summed E-state index contributed by atoms with van der Waals surface area (Å²) in [4.78, 5) is 26.3. The van der Waals surface area contributed by atoms with Crippen molar-refractivity contribution in [2.45, 2.75) is 38.6 Å². The van der Waals surface area contributed by atoms with E-state index in [-0.39, 0.29) is 5.91 Å². The number of pyridine rings is 1. The maximum absolute atomic E-state index is 12.8. The Morgan fingerprint density at radius 2 is 1.98 bits per heavy atom. The van der Waals surface area contributed by atoms with Gasteiger partial charge in [-0.2, -0.15) is 0 Å². The highest BCUT2D eigenvalue weighted by atomic mass is 32.1. The summed E-state index contributed by atoms with van der Waals surface area (Å²) < 4.78 is 6.20. The maximum atomic E-state index is 12.8. The number of carbonyl (C=O) groups excluding carboxylic acids is 1. The number of methoxy groups -OCH3 is 1. The number of fused-ring (bicyclic) bond motifs is 2. The number of carbonyl (C=O) groups is 1. The monoisotopic (exact) mass is 576 g/mol. The first-order valence-electron chi connectivity index (χ1n) is 14.2. The highest BCUT2D eigenvalue weighted by Crippen LogP contribution is 2.45. The van der Waals surface area contributed by atoms with E-state index in [0.717, 1.165) is 81.9 Å². The van der Waals surface area contributed by atoms with Crippen LogP contribution in [0.1, 0.15) is 36.1 Å². The van der Waals surface area contributed by atoms with Gasteiger partial charge in [-0.25, -0.2) is 9.97 Å². The number of nitrogens with zero attached hydrogens (tertiary/aromatic N) is 3. The maximum Gasteiger partial charge on any atom is 0.226 e. The van der Waals surface area contributed by atoms with Gasteiger partial charge in [-0.05, 0) is 67.6 Å². The number of rotatable bonds is 10. The molecule has 3 N–H and O–H groups in total. The Labute approximate surface area is 243 Å². The first-order chi connectivity index (χ1) is 19.7. The molecule has 0 aliphatic carbocycles. The van der Waals surface area contributed by atoms with Crippen LogP contribution in [0.2, 0.25) is 0 Å². The lowest BCUT2D eigenvalue weighted by Gasteiger charge is -2.27. The number of anilines is 2. The van der Waals surface area contributed by atoms with Crippen LogP contribution in [0.25, 0.3) is 31.9 Å². The van der Waals surface area contributed by atoms with Gasteiger partial charge >= 0.3 is 0 Å². The smallest absolute Gasteiger partial charge is 0.226 e. The van der Waals surface area contributed by atoms with Crippen LogP contribution in [0.15, 0.2) is 36.5 Å². The third-order valence-electron chi connectivity index (χ3n) is 7.56. The predicted molar refractivity (Wildman–Crippen MR) is 166 cm³/mol. The number of piperidine rings is 1. The Bertz CT molecular complexity index is 1460. The largest absolute Gasteiger partial charge is 0.383 e. The van der Waals surface area contributed by atoms with Gasteiger partial charge in [-0.3, -0.25) is 4.79 Å². The van der Waals surface area contributed by atoms with Crippen LogP contribution < -0.4 is 20.9 Å². The van der Waals surface area contributed by atoms with Crippen molar-refractivity contribution in [1.82, 2.24) is 20.6 Å². The van der Waals surface area contributed by atoms with E-state index in [1.54, 1.807) is 29.8 Å². The molecule has 0 atom stereocenters. The van der Waals surface area contributed by atoms with E-state index in [1.807, 2.05) is 6.20 Å². The van der Waals surface area contributed by atoms with Crippen LogP contribution in [0.3, 0.4) is 0 Å². The first-order valence-corrected chi connectivity index (χ1v) is 15.8. The van der Waals surface area contributed by atoms with Gasteiger partial charge in [0.1, 0.15) is 15.8 Å². The quantitative estimate of drug-likeness (QED) is 0.221. The molecule has 40 heavy (non-hydrogen) atoms. The van der Waals surface area contributed by atoms with Crippen LogP contribution in [-0.4, -0.2) is 62.3 Å². The number of thiazole rings is 1. The molecule has 210 valence electrons. The summed E-state index contributed by atoms with van der Waals surface area (Å²) in [5.41, 5.74) is 5.65. The average Bonchev–Trinajstić information content (AvgIpc) is 3.57. The summed E-state index contributed by atoms with van der Waals surface area (Å²) in [5.74, 6) is 1.09. The zero-order chi connectivity index (χ0) is 27.3. The molecule has 6 rings (SSSR count). The van der Waals surface area contributed by atoms with Crippen molar-refractivity contribution >= 4 is 49.6 Å². The van der Waals surface area contributed by atoms with Crippen molar-refractivity contribution < 1.29 is 9.53 Å². The fourth-order valence-electron chi connectivity index (χ4n) is 5.42. The molecule has 0 unspecified atom stereocenters. The SMILES string of the molecule is COCCNCCC(=O)Nc1sc2c(c1-c1nc3ccc(-c4ccc(N5CCCCC5)nc4)cc3s1)CCNC2. The molecule has 1 aromatic carbocycles. The molecular formula is C30H36N6O2S2. The average molecular weight is 577 g/mol. The zero-order valence-corrected chi connectivity index (χ0v) is 24.6. The molecule has 0 spiro atoms. The van der Waals surface area contributed by atoms with Gasteiger partial charge in [0.15, 0.2) is 0 Å². The predicted octanol–water partition coefficient (Wildman–Crippen LogP) is 5.29. The highest BCUT2D eigenvalue weighted by Gasteiger charge is 2.25. The minimum Gasteiger partial charge on any atom is -0.383 e. The number of amides is 1. The minimum absolute atomic E-state index is 0.0154. The van der Waals surface area contributed by atoms with Crippen LogP contribution in [0.5, 0.6) is 0 Å². The third-order valence-corrected chi connectivity index (χ3v) is 9.74. The van der Waals surface area contributed by atoms with Gasteiger partial charge in [-0.15, -0.1) is 22.7 Å². The lowest BCUT2D eigenvalue weighted by molar-refractivity contribution is -0.116. The van der Waals surface area contributed by atoms with Crippen molar-refractivity contribution in [2.24, 2.45) is 0 Å². The van der Waals surface area contributed by atoms with Gasteiger partial charge in [0, 0.05) is 68.5 Å². The number of hydrogen-bond donors (Lipinski definition) is 3. The second-order valence-corrected chi connectivity index (χ2v) is 12.5. The van der Waals surface area contributed by atoms with E-state index in [4.69, 9.17) is 14.7 Å². The van der Waals surface area contributed by atoms with E-state index >= 15 is 0 Å². The van der Waals surface area contributed by atoms with E-state index < -0.39 is 0 Å². The molecule has 8 nitrogen and oxygen atoms in total. The fourth-order valence-corrected chi connectivity index (χ4v) is 7.80. The Balaban J connectivity index is 1.24. The van der Waals surface area contributed by atoms with E-state index in [2.05, 4.69) is 51.2 Å². The summed E-state index contributed by atoms with van der Waals surface area (Å²) >= 11 is 3.37. The molecule has 1 amide bonds. The minimum atomic E-state index is 0.0154. The molecule has 0 bridgehead atoms. The number of aromatic nitrogens is 2. The topological polar surface area (TPSA) is 91.4 Å². The van der Waals surface area contributed by atoms with Crippen LogP contribution in [0, 0.1) is 0 Å². The van der Waals surface area contributed by atoms with Crippen molar-refractivity contribution in [3.8, 4) is 21.7 Å². The number of nitrogens with one attached hydrogen (secondary N) is 3. The van der Waals surface area contributed by atoms with Crippen molar-refractivity contribution in [3.63, 3.8) is 0 Å². The molecule has 3 aromatic heterocycles. The molecule has 1 fully saturated rings. The Kier molecular flexibility index (Phi) is 8.69. The lowest BCUT2D eigenvalue weighted by Crippen LogP contribution is -2.29. The number of hydrogen-bond acceptors (Lipinski definition) is 9. The molecule has 2 aliphatic rings. The van der Waals surface area contributed by atoms with Crippen molar-refractivity contribution in [2.75, 3.05) is 56.7 Å². The fraction of sp³-hybridized carbons (Fsp3) is 0.433. The second-order valence-electron chi connectivity index (χ2n) is 10.3. The summed E-state index contributed by atoms with van der Waals surface area (Å²) in [6, 6.07) is 10.8. The number of benzene rings is 1. The molecule has 5 heterocycles. The van der Waals surface area contributed by atoms with Crippen molar-refractivity contribution in [1.29, 1.82) is 0 Å². The van der Waals surface area contributed by atoms with Gasteiger partial charge in [-0.1, -0.05) is 6.07 Å². The normalized spacial score (nSPS) is 15.4. The Hall–Kier alpha value is -2.89. The van der Waals surface area contributed by atoms with Crippen LogP contribution >= 0.6 is 22.7 Å². The summed E-state index contributed by atoms with van der Waals surface area (Å²) in [7, 11) is 1.68. The zero-order valence-electron chi connectivity index (χ0n) is 22.9. The molecule has 4 aromatic rings. The summed E-state index contributed by atoms with van der Waals surface area (Å²) in [6.45, 7) is 5.95. The third kappa shape index (κ3) is 6.06. The number of ether oxygens (including phenoxy) is 1. The van der Waals surface area contributed by atoms with Gasteiger partial charge < -0.3 is 25.6 Å². The molecule has 1 saturated heterocycles. The molecule has 2 aliphatic heterocycles. The second kappa shape index (κ2) is 12.7. The van der Waals surface area contributed by atoms with E-state index in [9.17, 15) is 4.79 Å². The van der Waals surface area contributed by atoms with Crippen molar-refractivity contribution in [3.05, 3.63) is 47.0 Å². The van der Waals surface area contributed by atoms with Gasteiger partial charge in [0.2, 0.25) is 5.91 Å². The summed E-state index contributed by atoms with van der Waals surface area (Å²) in [6.07, 6.45) is 7.15. The first kappa shape index (κ1) is 27.3. The van der Waals surface area contributed by atoms with Gasteiger partial charge in [0.05, 0.1) is 16.8 Å². The standard InChI is InChI=1S/C30H36N6O2S2/c1-38-16-13-31-12-10-27(37)35-30-28(22-9-11-32-19-25(22)40-30)29-34-23-7-5-20(17-24(23)39-29)21-6-8-26(33-18-21)36-14-3-2-4-15-36/h5-8,17-18,31-32H,2-4,9-16,19H2,1H3,(H,35,37). The van der Waals surface area contributed by atoms with Gasteiger partial charge in [0.25, 0.3) is 0 Å². The van der Waals surface area contributed by atoms with Crippen LogP contribution in [0.4, 0.5) is 10.8 Å². The molecule has 0 saturated carbocycles. The number of thiophene rings is 1. The Morgan fingerprint density at radius 3 is 2.80 bits per heavy atom. The van der Waals surface area contributed by atoms with E-state index in [1.165, 1.54) is 29.7 Å². The molecular weight excluding hydrogens is 541 g/mol. The summed E-state index contributed by atoms with van der Waals surface area (Å²) in [5, 5.41) is 11.8. The molecule has 0 radical (unpaired) electrons. The highest BCUT2D eigenvalue weighted by molar-refractivity contribution is 7.23. The van der Waals surface area contributed by atoms with Crippen LogP contribution in [-0.2, 0) is 22.5 Å². The van der Waals surface area contributed by atoms with E-state index in [0.29, 0.717) is 19.6 Å². The lowest BCUT2D eigenvalue weighted by atomic mass is 10.0. The Morgan fingerprint density at radius 1 is 1.10 bits per heavy atom. The molecule has 10 heteroatoms.